The highest BCUT2D eigenvalue weighted by molar-refractivity contribution is 7.99. The van der Waals surface area contributed by atoms with Crippen molar-refractivity contribution in [3.63, 3.8) is 0 Å². The maximum atomic E-state index is 12.9. The average Bonchev–Trinajstić information content (AvgIpc) is 3.17. The number of halogens is 2. The van der Waals surface area contributed by atoms with Gasteiger partial charge in [0.25, 0.3) is 5.56 Å². The second-order valence-electron chi connectivity index (χ2n) is 6.53. The van der Waals surface area contributed by atoms with Crippen LogP contribution in [0.3, 0.4) is 0 Å². The van der Waals surface area contributed by atoms with E-state index in [0.717, 1.165) is 6.42 Å². The first-order valence-electron chi connectivity index (χ1n) is 9.24. The number of aryl methyl sites for hydroxylation is 1. The minimum absolute atomic E-state index is 0.0882. The molecule has 0 aliphatic carbocycles. The van der Waals surface area contributed by atoms with Crippen LogP contribution in [0.1, 0.15) is 13.3 Å². The van der Waals surface area contributed by atoms with Crippen molar-refractivity contribution in [2.75, 3.05) is 11.1 Å². The fourth-order valence-corrected chi connectivity index (χ4v) is 4.26. The number of hydrogen-bond donors (Lipinski definition) is 1. The first-order chi connectivity index (χ1) is 14.5. The second kappa shape index (κ2) is 8.67. The van der Waals surface area contributed by atoms with Gasteiger partial charge in [0.15, 0.2) is 5.16 Å². The summed E-state index contributed by atoms with van der Waals surface area (Å²) >= 11 is 13.3. The van der Waals surface area contributed by atoms with Gasteiger partial charge in [-0.1, -0.05) is 60.1 Å². The number of amides is 1. The minimum atomic E-state index is -0.257. The molecule has 0 atom stereocenters. The topological polar surface area (TPSA) is 81.3 Å². The number of rotatable bonds is 6. The molecular formula is C20H17Cl2N5O2S. The van der Waals surface area contributed by atoms with Gasteiger partial charge in [-0.15, -0.1) is 10.2 Å². The van der Waals surface area contributed by atoms with Gasteiger partial charge >= 0.3 is 0 Å². The molecule has 0 saturated heterocycles. The van der Waals surface area contributed by atoms with Crippen molar-refractivity contribution in [2.45, 2.75) is 25.0 Å². The van der Waals surface area contributed by atoms with Gasteiger partial charge in [-0.25, -0.2) is 0 Å². The Morgan fingerprint density at radius 1 is 1.13 bits per heavy atom. The lowest BCUT2D eigenvalue weighted by Crippen LogP contribution is -2.23. The third-order valence-electron chi connectivity index (χ3n) is 4.48. The third-order valence-corrected chi connectivity index (χ3v) is 6.23. The van der Waals surface area contributed by atoms with Crippen LogP contribution in [0.25, 0.3) is 16.7 Å². The number of nitrogens with one attached hydrogen (secondary N) is 1. The van der Waals surface area contributed by atoms with Gasteiger partial charge in [-0.3, -0.25) is 18.6 Å². The van der Waals surface area contributed by atoms with Crippen molar-refractivity contribution < 1.29 is 4.79 Å². The van der Waals surface area contributed by atoms with Crippen molar-refractivity contribution in [3.8, 4) is 0 Å². The number of carbonyl (C=O) groups is 1. The molecule has 0 bridgehead atoms. The van der Waals surface area contributed by atoms with Crippen LogP contribution in [-0.4, -0.2) is 30.8 Å². The zero-order valence-electron chi connectivity index (χ0n) is 15.9. The Balaban J connectivity index is 1.66. The normalized spacial score (nSPS) is 11.3. The lowest BCUT2D eigenvalue weighted by atomic mass is 10.2. The maximum Gasteiger partial charge on any atom is 0.262 e. The Morgan fingerprint density at radius 2 is 1.93 bits per heavy atom. The van der Waals surface area contributed by atoms with E-state index in [1.807, 2.05) is 29.5 Å². The van der Waals surface area contributed by atoms with Crippen molar-refractivity contribution in [3.05, 3.63) is 62.9 Å². The van der Waals surface area contributed by atoms with Crippen LogP contribution in [0.15, 0.2) is 52.4 Å². The van der Waals surface area contributed by atoms with Crippen LogP contribution in [0.5, 0.6) is 0 Å². The molecule has 0 aliphatic heterocycles. The quantitative estimate of drug-likeness (QED) is 0.427. The van der Waals surface area contributed by atoms with Crippen LogP contribution >= 0.6 is 35.0 Å². The zero-order chi connectivity index (χ0) is 21.3. The highest BCUT2D eigenvalue weighted by Crippen LogP contribution is 2.30. The Kier molecular flexibility index (Phi) is 5.99. The molecule has 1 N–H and O–H groups in total. The van der Waals surface area contributed by atoms with Crippen LogP contribution in [0.4, 0.5) is 5.69 Å². The number of carbonyl (C=O) groups excluding carboxylic acids is 1. The molecule has 2 aromatic carbocycles. The molecular weight excluding hydrogens is 445 g/mol. The van der Waals surface area contributed by atoms with Gasteiger partial charge in [0.2, 0.25) is 11.7 Å². The lowest BCUT2D eigenvalue weighted by molar-refractivity contribution is -0.113. The van der Waals surface area contributed by atoms with Crippen LogP contribution in [0, 0.1) is 0 Å². The van der Waals surface area contributed by atoms with Gasteiger partial charge in [0.05, 0.1) is 32.4 Å². The van der Waals surface area contributed by atoms with E-state index in [2.05, 4.69) is 15.5 Å². The molecule has 10 heteroatoms. The van der Waals surface area contributed by atoms with Crippen molar-refractivity contribution >= 4 is 63.2 Å². The SMILES string of the molecule is CCCn1c(=O)c2ccccc2n2c(SCC(=O)Nc3cccc(Cl)c3Cl)nnc12. The Hall–Kier alpha value is -2.55. The molecule has 4 rings (SSSR count). The number of para-hydroxylation sites is 1. The fraction of sp³-hybridized carbons (Fsp3) is 0.200. The van der Waals surface area contributed by atoms with E-state index in [4.69, 9.17) is 23.2 Å². The van der Waals surface area contributed by atoms with E-state index in [-0.39, 0.29) is 17.2 Å². The van der Waals surface area contributed by atoms with Crippen LogP contribution in [0.2, 0.25) is 10.0 Å². The first kappa shape index (κ1) is 20.7. The largest absolute Gasteiger partial charge is 0.324 e. The predicted octanol–water partition coefficient (Wildman–Crippen LogP) is 4.49. The number of thioether (sulfide) groups is 1. The third kappa shape index (κ3) is 3.78. The molecule has 0 spiro atoms. The molecule has 30 heavy (non-hydrogen) atoms. The highest BCUT2D eigenvalue weighted by atomic mass is 35.5. The summed E-state index contributed by atoms with van der Waals surface area (Å²) in [5.74, 6) is 0.290. The number of fused-ring (bicyclic) bond motifs is 3. The smallest absolute Gasteiger partial charge is 0.262 e. The number of benzene rings is 2. The van der Waals surface area contributed by atoms with Gasteiger partial charge in [0, 0.05) is 6.54 Å². The summed E-state index contributed by atoms with van der Waals surface area (Å²) in [4.78, 5) is 25.3. The van der Waals surface area contributed by atoms with E-state index in [1.165, 1.54) is 11.8 Å². The van der Waals surface area contributed by atoms with Crippen molar-refractivity contribution in [2.24, 2.45) is 0 Å². The summed E-state index contributed by atoms with van der Waals surface area (Å²) in [5, 5.41) is 13.0. The van der Waals surface area contributed by atoms with E-state index in [0.29, 0.717) is 44.1 Å². The van der Waals surface area contributed by atoms with Crippen molar-refractivity contribution in [1.29, 1.82) is 0 Å². The molecule has 7 nitrogen and oxygen atoms in total. The molecule has 4 aromatic rings. The van der Waals surface area contributed by atoms with E-state index in [1.54, 1.807) is 28.8 Å². The van der Waals surface area contributed by atoms with Crippen molar-refractivity contribution in [1.82, 2.24) is 19.2 Å². The Labute approximate surface area is 186 Å². The van der Waals surface area contributed by atoms with E-state index < -0.39 is 0 Å². The molecule has 0 saturated carbocycles. The maximum absolute atomic E-state index is 12.9. The Morgan fingerprint density at radius 3 is 2.73 bits per heavy atom. The van der Waals surface area contributed by atoms with E-state index >= 15 is 0 Å². The van der Waals surface area contributed by atoms with E-state index in [9.17, 15) is 9.59 Å². The molecule has 0 unspecified atom stereocenters. The van der Waals surface area contributed by atoms with Gasteiger partial charge in [-0.2, -0.15) is 0 Å². The molecule has 0 radical (unpaired) electrons. The molecule has 2 heterocycles. The van der Waals surface area contributed by atoms with Gasteiger partial charge in [-0.05, 0) is 30.7 Å². The zero-order valence-corrected chi connectivity index (χ0v) is 18.3. The summed E-state index contributed by atoms with van der Waals surface area (Å²) in [6.07, 6.45) is 0.784. The number of hydrogen-bond acceptors (Lipinski definition) is 5. The standard InChI is InChI=1S/C20H17Cl2N5O2S/c1-2-10-26-18(29)12-6-3-4-9-15(12)27-19(26)24-25-20(27)30-11-16(28)23-14-8-5-7-13(21)17(14)22/h3-9H,2,10-11H2,1H3,(H,23,28). The summed E-state index contributed by atoms with van der Waals surface area (Å²) in [6, 6.07) is 12.4. The van der Waals surface area contributed by atoms with Crippen LogP contribution < -0.4 is 10.9 Å². The minimum Gasteiger partial charge on any atom is -0.324 e. The molecule has 1 amide bonds. The van der Waals surface area contributed by atoms with Gasteiger partial charge < -0.3 is 5.32 Å². The van der Waals surface area contributed by atoms with Gasteiger partial charge in [0.1, 0.15) is 0 Å². The molecule has 0 fully saturated rings. The summed E-state index contributed by atoms with van der Waals surface area (Å²) in [5.41, 5.74) is 1.05. The fourth-order valence-electron chi connectivity index (χ4n) is 3.17. The summed E-state index contributed by atoms with van der Waals surface area (Å²) in [7, 11) is 0. The summed E-state index contributed by atoms with van der Waals surface area (Å²) < 4.78 is 3.43. The first-order valence-corrected chi connectivity index (χ1v) is 11.0. The number of nitrogens with zero attached hydrogens (tertiary/aromatic N) is 4. The van der Waals surface area contributed by atoms with Crippen LogP contribution in [-0.2, 0) is 11.3 Å². The lowest BCUT2D eigenvalue weighted by Gasteiger charge is -2.10. The average molecular weight is 462 g/mol. The molecule has 2 aromatic heterocycles. The summed E-state index contributed by atoms with van der Waals surface area (Å²) in [6.45, 7) is 2.53. The highest BCUT2D eigenvalue weighted by Gasteiger charge is 2.17. The Bertz CT molecular complexity index is 1320. The molecule has 0 aliphatic rings. The number of aromatic nitrogens is 4. The second-order valence-corrected chi connectivity index (χ2v) is 8.26. The predicted molar refractivity (Wildman–Crippen MR) is 121 cm³/mol. The number of anilines is 1. The molecule has 154 valence electrons. The monoisotopic (exact) mass is 461 g/mol.